The van der Waals surface area contributed by atoms with Crippen molar-refractivity contribution >= 4 is 11.8 Å². The summed E-state index contributed by atoms with van der Waals surface area (Å²) in [7, 11) is 0. The Hall–Kier alpha value is -0.470. The molecule has 0 bridgehead atoms. The van der Waals surface area contributed by atoms with E-state index in [9.17, 15) is 0 Å². The van der Waals surface area contributed by atoms with E-state index in [4.69, 9.17) is 0 Å². The van der Waals surface area contributed by atoms with Gasteiger partial charge in [-0.05, 0) is 17.9 Å². The van der Waals surface area contributed by atoms with Crippen LogP contribution in [-0.2, 0) is 0 Å². The molecule has 1 aromatic carbocycles. The van der Waals surface area contributed by atoms with Crippen molar-refractivity contribution in [2.45, 2.75) is 36.8 Å². The van der Waals surface area contributed by atoms with Crippen LogP contribution >= 0.6 is 11.8 Å². The maximum Gasteiger partial charge on any atom is 0.0541 e. The average molecular weight is 221 g/mol. The highest BCUT2D eigenvalue weighted by Gasteiger charge is 2.23. The van der Waals surface area contributed by atoms with Crippen molar-refractivity contribution in [3.8, 4) is 0 Å². The summed E-state index contributed by atoms with van der Waals surface area (Å²) in [6.07, 6.45) is 1.24. The second-order valence-corrected chi connectivity index (χ2v) is 6.04. The van der Waals surface area contributed by atoms with Gasteiger partial charge in [-0.2, -0.15) is 0 Å². The number of rotatable bonds is 3. The molecule has 1 N–H and O–H groups in total. The highest BCUT2D eigenvalue weighted by molar-refractivity contribution is 8.00. The first-order valence-electron chi connectivity index (χ1n) is 5.69. The van der Waals surface area contributed by atoms with Crippen molar-refractivity contribution in [1.29, 1.82) is 0 Å². The Morgan fingerprint density at radius 3 is 2.73 bits per heavy atom. The van der Waals surface area contributed by atoms with Crippen molar-refractivity contribution < 1.29 is 0 Å². The molecule has 2 heteroatoms. The van der Waals surface area contributed by atoms with Gasteiger partial charge in [0.05, 0.1) is 5.37 Å². The van der Waals surface area contributed by atoms with Gasteiger partial charge in [-0.3, -0.25) is 0 Å². The first-order valence-corrected chi connectivity index (χ1v) is 6.64. The molecule has 0 amide bonds. The maximum atomic E-state index is 3.57. The Balaban J connectivity index is 1.90. The average Bonchev–Trinajstić information content (AvgIpc) is 2.65. The fraction of sp³-hybridized carbons (Fsp3) is 0.538. The molecule has 1 aromatic rings. The van der Waals surface area contributed by atoms with E-state index >= 15 is 0 Å². The third-order valence-corrected chi connectivity index (χ3v) is 4.28. The van der Waals surface area contributed by atoms with Gasteiger partial charge in [0.2, 0.25) is 0 Å². The predicted molar refractivity (Wildman–Crippen MR) is 68.3 cm³/mol. The maximum absolute atomic E-state index is 3.57. The summed E-state index contributed by atoms with van der Waals surface area (Å²) in [4.78, 5) is 0. The van der Waals surface area contributed by atoms with Crippen molar-refractivity contribution in [3.63, 3.8) is 0 Å². The zero-order chi connectivity index (χ0) is 10.7. The summed E-state index contributed by atoms with van der Waals surface area (Å²) < 4.78 is 0. The third-order valence-electron chi connectivity index (χ3n) is 2.97. The lowest BCUT2D eigenvalue weighted by atomic mass is 9.98. The van der Waals surface area contributed by atoms with Gasteiger partial charge in [-0.15, -0.1) is 11.8 Å². The quantitative estimate of drug-likeness (QED) is 0.841. The molecule has 15 heavy (non-hydrogen) atoms. The predicted octanol–water partition coefficient (Wildman–Crippen LogP) is 3.23. The van der Waals surface area contributed by atoms with Crippen LogP contribution in [0, 0.1) is 0 Å². The molecular weight excluding hydrogens is 202 g/mol. The van der Waals surface area contributed by atoms with E-state index in [-0.39, 0.29) is 0 Å². The molecular formula is C13H19NS. The van der Waals surface area contributed by atoms with Gasteiger partial charge in [0, 0.05) is 11.8 Å². The minimum Gasteiger partial charge on any atom is -0.304 e. The van der Waals surface area contributed by atoms with Crippen molar-refractivity contribution in [2.75, 3.05) is 6.54 Å². The Morgan fingerprint density at radius 2 is 2.13 bits per heavy atom. The lowest BCUT2D eigenvalue weighted by molar-refractivity contribution is 0.586. The summed E-state index contributed by atoms with van der Waals surface area (Å²) in [5.41, 5.74) is 1.46. The van der Waals surface area contributed by atoms with Crippen LogP contribution in [0.1, 0.15) is 31.7 Å². The molecule has 1 heterocycles. The van der Waals surface area contributed by atoms with E-state index in [1.54, 1.807) is 0 Å². The van der Waals surface area contributed by atoms with Gasteiger partial charge in [0.1, 0.15) is 0 Å². The van der Waals surface area contributed by atoms with E-state index in [1.807, 2.05) is 0 Å². The molecule has 3 unspecified atom stereocenters. The summed E-state index contributed by atoms with van der Waals surface area (Å²) >= 11 is 2.08. The topological polar surface area (TPSA) is 12.0 Å². The molecule has 0 radical (unpaired) electrons. The second kappa shape index (κ2) is 5.04. The lowest BCUT2D eigenvalue weighted by Crippen LogP contribution is -2.21. The minimum atomic E-state index is 0.648. The van der Waals surface area contributed by atoms with Gasteiger partial charge >= 0.3 is 0 Å². The number of hydrogen-bond acceptors (Lipinski definition) is 2. The van der Waals surface area contributed by atoms with Crippen LogP contribution in [-0.4, -0.2) is 17.2 Å². The summed E-state index contributed by atoms with van der Waals surface area (Å²) in [5.74, 6) is 0.654. The normalized spacial score (nSPS) is 27.9. The number of nitrogens with one attached hydrogen (secondary N) is 1. The molecule has 1 nitrogen and oxygen atoms in total. The van der Waals surface area contributed by atoms with E-state index < -0.39 is 0 Å². The first-order chi connectivity index (χ1) is 7.25. The van der Waals surface area contributed by atoms with E-state index in [2.05, 4.69) is 61.3 Å². The van der Waals surface area contributed by atoms with Crippen molar-refractivity contribution in [3.05, 3.63) is 35.9 Å². The smallest absolute Gasteiger partial charge is 0.0541 e. The van der Waals surface area contributed by atoms with Gasteiger partial charge in [0.25, 0.3) is 0 Å². The first kappa shape index (κ1) is 11.0. The van der Waals surface area contributed by atoms with Crippen molar-refractivity contribution in [1.82, 2.24) is 5.32 Å². The molecule has 2 rings (SSSR count). The zero-order valence-electron chi connectivity index (χ0n) is 9.44. The second-order valence-electron chi connectivity index (χ2n) is 4.39. The Labute approximate surface area is 96.7 Å². The number of benzene rings is 1. The van der Waals surface area contributed by atoms with Gasteiger partial charge in [0.15, 0.2) is 0 Å². The highest BCUT2D eigenvalue weighted by Crippen LogP contribution is 2.30. The molecule has 1 saturated heterocycles. The lowest BCUT2D eigenvalue weighted by Gasteiger charge is -2.16. The minimum absolute atomic E-state index is 0.648. The fourth-order valence-electron chi connectivity index (χ4n) is 2.05. The molecule has 1 aliphatic rings. The fourth-order valence-corrected chi connectivity index (χ4v) is 3.40. The van der Waals surface area contributed by atoms with Crippen LogP contribution in [0.15, 0.2) is 30.3 Å². The van der Waals surface area contributed by atoms with Crippen molar-refractivity contribution in [2.24, 2.45) is 0 Å². The van der Waals surface area contributed by atoms with Gasteiger partial charge < -0.3 is 5.32 Å². The monoisotopic (exact) mass is 221 g/mol. The molecule has 0 spiro atoms. The van der Waals surface area contributed by atoms with Gasteiger partial charge in [-0.1, -0.05) is 44.2 Å². The molecule has 0 aromatic heterocycles. The molecule has 82 valence electrons. The van der Waals surface area contributed by atoms with Crippen LogP contribution in [0.2, 0.25) is 0 Å². The summed E-state index contributed by atoms with van der Waals surface area (Å²) in [6.45, 7) is 5.78. The largest absolute Gasteiger partial charge is 0.304 e. The Bertz CT molecular complexity index is 299. The van der Waals surface area contributed by atoms with Crippen LogP contribution in [0.4, 0.5) is 0 Å². The Morgan fingerprint density at radius 1 is 1.40 bits per heavy atom. The van der Waals surface area contributed by atoms with Crippen LogP contribution < -0.4 is 5.32 Å². The van der Waals surface area contributed by atoms with E-state index in [1.165, 1.54) is 12.0 Å². The standard InChI is InChI=1S/C13H19NS/c1-10(12-6-4-3-5-7-12)8-13-14-9-11(2)15-13/h3-7,10-11,13-14H,8-9H2,1-2H3. The van der Waals surface area contributed by atoms with Crippen LogP contribution in [0.25, 0.3) is 0 Å². The van der Waals surface area contributed by atoms with Gasteiger partial charge in [-0.25, -0.2) is 0 Å². The van der Waals surface area contributed by atoms with Crippen LogP contribution in [0.5, 0.6) is 0 Å². The highest BCUT2D eigenvalue weighted by atomic mass is 32.2. The molecule has 1 fully saturated rings. The third kappa shape index (κ3) is 2.99. The van der Waals surface area contributed by atoms with E-state index in [0.29, 0.717) is 11.3 Å². The number of hydrogen-bond donors (Lipinski definition) is 1. The molecule has 0 aliphatic carbocycles. The SMILES string of the molecule is CC1CNC(CC(C)c2ccccc2)S1. The summed E-state index contributed by atoms with van der Waals surface area (Å²) in [5, 5.41) is 4.99. The molecule has 3 atom stereocenters. The molecule has 0 saturated carbocycles. The number of thioether (sulfide) groups is 1. The summed E-state index contributed by atoms with van der Waals surface area (Å²) in [6, 6.07) is 10.8. The van der Waals surface area contributed by atoms with E-state index in [0.717, 1.165) is 11.8 Å². The molecule has 1 aliphatic heterocycles. The zero-order valence-corrected chi connectivity index (χ0v) is 10.3. The Kier molecular flexibility index (Phi) is 3.71. The van der Waals surface area contributed by atoms with Crippen LogP contribution in [0.3, 0.4) is 0 Å².